The number of nitrogens with zero attached hydrogens (tertiary/aromatic N) is 3. The maximum absolute atomic E-state index is 13.0. The number of hydrogen-bond acceptors (Lipinski definition) is 4. The molecule has 1 aliphatic rings. The summed E-state index contributed by atoms with van der Waals surface area (Å²) in [6, 6.07) is 14.3. The molecule has 1 fully saturated rings. The van der Waals surface area contributed by atoms with E-state index in [-0.39, 0.29) is 11.9 Å². The number of ether oxygens (including phenoxy) is 1. The number of benzene rings is 2. The van der Waals surface area contributed by atoms with E-state index in [0.717, 1.165) is 36.5 Å². The van der Waals surface area contributed by atoms with Crippen LogP contribution in [0.25, 0.3) is 16.9 Å². The summed E-state index contributed by atoms with van der Waals surface area (Å²) in [6.07, 6.45) is 1.93. The molecule has 1 N–H and O–H groups in total. The molecule has 1 atom stereocenters. The van der Waals surface area contributed by atoms with Crippen LogP contribution in [0.1, 0.15) is 11.7 Å². The standard InChI is InChI=1S/C18H17FN4O/c19-15-5-1-13(2-6-15)17-12-23(22-21-17)16-7-3-14(4-8-16)18-11-20-9-10-24-18/h1-8,12,18,20H,9-11H2/t18-/m0/s1. The first-order chi connectivity index (χ1) is 11.8. The fourth-order valence-corrected chi connectivity index (χ4v) is 2.76. The molecule has 1 aliphatic heterocycles. The van der Waals surface area contributed by atoms with Gasteiger partial charge in [0.25, 0.3) is 0 Å². The second-order valence-corrected chi connectivity index (χ2v) is 5.71. The van der Waals surface area contributed by atoms with E-state index in [0.29, 0.717) is 5.69 Å². The van der Waals surface area contributed by atoms with Gasteiger partial charge in [-0.05, 0) is 42.0 Å². The topological polar surface area (TPSA) is 52.0 Å². The molecule has 4 rings (SSSR count). The van der Waals surface area contributed by atoms with Crippen LogP contribution in [0.3, 0.4) is 0 Å². The van der Waals surface area contributed by atoms with Crippen molar-refractivity contribution in [3.05, 3.63) is 66.1 Å². The van der Waals surface area contributed by atoms with Gasteiger partial charge in [-0.2, -0.15) is 0 Å². The zero-order chi connectivity index (χ0) is 16.4. The first kappa shape index (κ1) is 15.0. The summed E-state index contributed by atoms with van der Waals surface area (Å²) in [5.41, 5.74) is 3.60. The van der Waals surface area contributed by atoms with Gasteiger partial charge in [-0.15, -0.1) is 5.10 Å². The van der Waals surface area contributed by atoms with Crippen molar-refractivity contribution in [2.45, 2.75) is 6.10 Å². The molecule has 0 radical (unpaired) electrons. The predicted molar refractivity (Wildman–Crippen MR) is 88.3 cm³/mol. The Balaban J connectivity index is 1.54. The van der Waals surface area contributed by atoms with Gasteiger partial charge < -0.3 is 10.1 Å². The molecule has 2 heterocycles. The average Bonchev–Trinajstić information content (AvgIpc) is 3.13. The molecular formula is C18H17FN4O. The molecule has 0 bridgehead atoms. The van der Waals surface area contributed by atoms with Crippen molar-refractivity contribution in [1.82, 2.24) is 20.3 Å². The number of hydrogen-bond donors (Lipinski definition) is 1. The predicted octanol–water partition coefficient (Wildman–Crippen LogP) is 2.73. The normalized spacial score (nSPS) is 17.8. The van der Waals surface area contributed by atoms with Gasteiger partial charge in [0.1, 0.15) is 11.5 Å². The van der Waals surface area contributed by atoms with Crippen LogP contribution < -0.4 is 5.32 Å². The summed E-state index contributed by atoms with van der Waals surface area (Å²) in [6.45, 7) is 2.47. The number of rotatable bonds is 3. The Kier molecular flexibility index (Phi) is 4.06. The molecule has 1 saturated heterocycles. The molecule has 3 aromatic rings. The molecule has 0 unspecified atom stereocenters. The summed E-state index contributed by atoms with van der Waals surface area (Å²) in [5, 5.41) is 11.6. The Morgan fingerprint density at radius 2 is 1.88 bits per heavy atom. The minimum atomic E-state index is -0.263. The number of aromatic nitrogens is 3. The summed E-state index contributed by atoms with van der Waals surface area (Å²) >= 11 is 0. The van der Waals surface area contributed by atoms with Gasteiger partial charge in [-0.3, -0.25) is 0 Å². The van der Waals surface area contributed by atoms with Crippen molar-refractivity contribution in [1.29, 1.82) is 0 Å². The number of nitrogens with one attached hydrogen (secondary N) is 1. The fraction of sp³-hybridized carbons (Fsp3) is 0.222. The second kappa shape index (κ2) is 6.51. The minimum Gasteiger partial charge on any atom is -0.371 e. The molecule has 1 aromatic heterocycles. The zero-order valence-electron chi connectivity index (χ0n) is 13.0. The highest BCUT2D eigenvalue weighted by Gasteiger charge is 2.15. The molecule has 6 heteroatoms. The van der Waals surface area contributed by atoms with E-state index in [1.54, 1.807) is 16.8 Å². The highest BCUT2D eigenvalue weighted by Crippen LogP contribution is 2.21. The molecule has 24 heavy (non-hydrogen) atoms. The number of halogens is 1. The van der Waals surface area contributed by atoms with Crippen LogP contribution in [0.5, 0.6) is 0 Å². The van der Waals surface area contributed by atoms with Gasteiger partial charge in [0, 0.05) is 18.7 Å². The lowest BCUT2D eigenvalue weighted by Gasteiger charge is -2.24. The van der Waals surface area contributed by atoms with Crippen molar-refractivity contribution in [2.75, 3.05) is 19.7 Å². The van der Waals surface area contributed by atoms with Crippen LogP contribution in [0.15, 0.2) is 54.7 Å². The fourth-order valence-electron chi connectivity index (χ4n) is 2.76. The zero-order valence-corrected chi connectivity index (χ0v) is 13.0. The molecule has 0 amide bonds. The smallest absolute Gasteiger partial charge is 0.123 e. The van der Waals surface area contributed by atoms with Gasteiger partial charge in [0.15, 0.2) is 0 Å². The summed E-state index contributed by atoms with van der Waals surface area (Å²) in [5.74, 6) is -0.263. The van der Waals surface area contributed by atoms with E-state index < -0.39 is 0 Å². The highest BCUT2D eigenvalue weighted by atomic mass is 19.1. The summed E-state index contributed by atoms with van der Waals surface area (Å²) < 4.78 is 20.5. The van der Waals surface area contributed by atoms with E-state index in [9.17, 15) is 4.39 Å². The Bertz CT molecular complexity index is 808. The Morgan fingerprint density at radius 3 is 2.58 bits per heavy atom. The van der Waals surface area contributed by atoms with Crippen LogP contribution in [0.4, 0.5) is 4.39 Å². The Morgan fingerprint density at radius 1 is 1.08 bits per heavy atom. The quantitative estimate of drug-likeness (QED) is 0.805. The van der Waals surface area contributed by atoms with E-state index in [2.05, 4.69) is 15.6 Å². The third-order valence-electron chi connectivity index (χ3n) is 4.09. The molecule has 122 valence electrons. The minimum absolute atomic E-state index is 0.0957. The van der Waals surface area contributed by atoms with Crippen LogP contribution in [-0.2, 0) is 4.74 Å². The molecule has 0 aliphatic carbocycles. The second-order valence-electron chi connectivity index (χ2n) is 5.71. The average molecular weight is 324 g/mol. The SMILES string of the molecule is Fc1ccc(-c2cn(-c3ccc([C@@H]4CNCCO4)cc3)nn2)cc1. The first-order valence-electron chi connectivity index (χ1n) is 7.90. The lowest BCUT2D eigenvalue weighted by molar-refractivity contribution is 0.0277. The summed E-state index contributed by atoms with van der Waals surface area (Å²) in [7, 11) is 0. The third-order valence-corrected chi connectivity index (χ3v) is 4.09. The van der Waals surface area contributed by atoms with E-state index >= 15 is 0 Å². The van der Waals surface area contributed by atoms with Crippen molar-refractivity contribution >= 4 is 0 Å². The van der Waals surface area contributed by atoms with Crippen LogP contribution >= 0.6 is 0 Å². The first-order valence-corrected chi connectivity index (χ1v) is 7.90. The Labute approximate surface area is 139 Å². The van der Waals surface area contributed by atoms with Crippen LogP contribution in [0, 0.1) is 5.82 Å². The van der Waals surface area contributed by atoms with E-state index in [1.807, 2.05) is 30.5 Å². The highest BCUT2D eigenvalue weighted by molar-refractivity contribution is 5.58. The number of morpholine rings is 1. The third kappa shape index (κ3) is 3.06. The van der Waals surface area contributed by atoms with Crippen molar-refractivity contribution in [3.8, 4) is 16.9 Å². The van der Waals surface area contributed by atoms with Gasteiger partial charge in [0.2, 0.25) is 0 Å². The van der Waals surface area contributed by atoms with Crippen molar-refractivity contribution < 1.29 is 9.13 Å². The largest absolute Gasteiger partial charge is 0.371 e. The maximum atomic E-state index is 13.0. The van der Waals surface area contributed by atoms with Gasteiger partial charge >= 0.3 is 0 Å². The van der Waals surface area contributed by atoms with E-state index in [1.165, 1.54) is 12.1 Å². The Hall–Kier alpha value is -2.57. The monoisotopic (exact) mass is 324 g/mol. The molecular weight excluding hydrogens is 307 g/mol. The molecule has 5 nitrogen and oxygen atoms in total. The lowest BCUT2D eigenvalue weighted by Crippen LogP contribution is -2.33. The lowest BCUT2D eigenvalue weighted by atomic mass is 10.1. The van der Waals surface area contributed by atoms with Gasteiger partial charge in [0.05, 0.1) is 24.6 Å². The van der Waals surface area contributed by atoms with Gasteiger partial charge in [-0.25, -0.2) is 9.07 Å². The van der Waals surface area contributed by atoms with Crippen LogP contribution in [-0.4, -0.2) is 34.7 Å². The van der Waals surface area contributed by atoms with E-state index in [4.69, 9.17) is 4.74 Å². The van der Waals surface area contributed by atoms with Gasteiger partial charge in [-0.1, -0.05) is 17.3 Å². The molecule has 2 aromatic carbocycles. The molecule has 0 saturated carbocycles. The summed E-state index contributed by atoms with van der Waals surface area (Å²) in [4.78, 5) is 0. The van der Waals surface area contributed by atoms with Crippen molar-refractivity contribution in [2.24, 2.45) is 0 Å². The van der Waals surface area contributed by atoms with Crippen LogP contribution in [0.2, 0.25) is 0 Å². The van der Waals surface area contributed by atoms with Crippen molar-refractivity contribution in [3.63, 3.8) is 0 Å². The maximum Gasteiger partial charge on any atom is 0.123 e. The molecule has 0 spiro atoms.